The lowest BCUT2D eigenvalue weighted by Gasteiger charge is -2.23. The molecule has 0 saturated heterocycles. The van der Waals surface area contributed by atoms with E-state index in [1.54, 1.807) is 7.11 Å². The molecule has 0 bridgehead atoms. The minimum atomic E-state index is 0.188. The molecule has 0 unspecified atom stereocenters. The van der Waals surface area contributed by atoms with E-state index < -0.39 is 0 Å². The number of rotatable bonds is 7. The number of hydrogen-bond acceptors (Lipinski definition) is 3. The zero-order chi connectivity index (χ0) is 13.5. The van der Waals surface area contributed by atoms with Crippen molar-refractivity contribution in [1.29, 1.82) is 0 Å². The van der Waals surface area contributed by atoms with Crippen molar-refractivity contribution in [3.05, 3.63) is 34.4 Å². The molecule has 1 rings (SSSR count). The first-order valence-electron chi connectivity index (χ1n) is 6.47. The number of hydrogen-bond donors (Lipinski definition) is 1. The van der Waals surface area contributed by atoms with Gasteiger partial charge in [-0.25, -0.2) is 0 Å². The van der Waals surface area contributed by atoms with E-state index in [0.717, 1.165) is 13.1 Å². The molecule has 0 radical (unpaired) electrons. The number of aliphatic hydroxyl groups is 1. The summed E-state index contributed by atoms with van der Waals surface area (Å²) in [4.78, 5) is 2.23. The molecular weight excluding hydrogens is 226 g/mol. The Balaban J connectivity index is 2.79. The van der Waals surface area contributed by atoms with Crippen molar-refractivity contribution in [2.75, 3.05) is 33.4 Å². The van der Waals surface area contributed by atoms with Gasteiger partial charge in [-0.3, -0.25) is 4.90 Å². The highest BCUT2D eigenvalue weighted by molar-refractivity contribution is 5.37. The Kier molecular flexibility index (Phi) is 6.33. The van der Waals surface area contributed by atoms with Gasteiger partial charge in [-0.2, -0.15) is 0 Å². The van der Waals surface area contributed by atoms with Crippen molar-refractivity contribution >= 4 is 0 Å². The summed E-state index contributed by atoms with van der Waals surface area (Å²) in [5.74, 6) is 0. The average Bonchev–Trinajstić information content (AvgIpc) is 2.30. The molecule has 0 amide bonds. The van der Waals surface area contributed by atoms with E-state index in [9.17, 15) is 0 Å². The van der Waals surface area contributed by atoms with Crippen molar-refractivity contribution in [3.8, 4) is 0 Å². The SMILES string of the molecule is COCCN(CCO)Cc1c(C)cc(C)cc1C. The summed E-state index contributed by atoms with van der Waals surface area (Å²) < 4.78 is 5.11. The summed E-state index contributed by atoms with van der Waals surface area (Å²) in [6, 6.07) is 4.44. The van der Waals surface area contributed by atoms with Crippen molar-refractivity contribution < 1.29 is 9.84 Å². The third-order valence-electron chi connectivity index (χ3n) is 3.25. The molecule has 1 aromatic carbocycles. The molecule has 0 fully saturated rings. The zero-order valence-corrected chi connectivity index (χ0v) is 12.0. The van der Waals surface area contributed by atoms with E-state index in [4.69, 9.17) is 9.84 Å². The molecule has 0 aliphatic heterocycles. The topological polar surface area (TPSA) is 32.7 Å². The number of aliphatic hydroxyl groups excluding tert-OH is 1. The van der Waals surface area contributed by atoms with Crippen LogP contribution in [0.4, 0.5) is 0 Å². The normalized spacial score (nSPS) is 11.2. The summed E-state index contributed by atoms with van der Waals surface area (Å²) in [5.41, 5.74) is 5.32. The third-order valence-corrected chi connectivity index (χ3v) is 3.25. The van der Waals surface area contributed by atoms with Crippen LogP contribution in [0.25, 0.3) is 0 Å². The largest absolute Gasteiger partial charge is 0.395 e. The van der Waals surface area contributed by atoms with Crippen LogP contribution < -0.4 is 0 Å². The standard InChI is InChI=1S/C15H25NO2/c1-12-9-13(2)15(14(3)10-12)11-16(5-7-17)6-8-18-4/h9-10,17H,5-8,11H2,1-4H3. The minimum absolute atomic E-state index is 0.188. The van der Waals surface area contributed by atoms with Crippen LogP contribution in [0.3, 0.4) is 0 Å². The smallest absolute Gasteiger partial charge is 0.0589 e. The highest BCUT2D eigenvalue weighted by atomic mass is 16.5. The van der Waals surface area contributed by atoms with Crippen LogP contribution in [-0.4, -0.2) is 43.4 Å². The predicted molar refractivity (Wildman–Crippen MR) is 74.9 cm³/mol. The Morgan fingerprint density at radius 1 is 1.11 bits per heavy atom. The maximum absolute atomic E-state index is 9.11. The Bertz CT molecular complexity index is 354. The van der Waals surface area contributed by atoms with E-state index in [-0.39, 0.29) is 6.61 Å². The lowest BCUT2D eigenvalue weighted by atomic mass is 9.99. The predicted octanol–water partition coefficient (Wildman–Crippen LogP) is 2.05. The van der Waals surface area contributed by atoms with Crippen LogP contribution in [0.15, 0.2) is 12.1 Å². The fraction of sp³-hybridized carbons (Fsp3) is 0.600. The fourth-order valence-corrected chi connectivity index (χ4v) is 2.31. The molecule has 0 heterocycles. The zero-order valence-electron chi connectivity index (χ0n) is 12.0. The van der Waals surface area contributed by atoms with Crippen LogP contribution in [-0.2, 0) is 11.3 Å². The minimum Gasteiger partial charge on any atom is -0.395 e. The number of methoxy groups -OCH3 is 1. The maximum atomic E-state index is 9.11. The molecule has 3 heteroatoms. The first kappa shape index (κ1) is 15.2. The van der Waals surface area contributed by atoms with Gasteiger partial charge in [0.05, 0.1) is 13.2 Å². The van der Waals surface area contributed by atoms with Crippen LogP contribution in [0.2, 0.25) is 0 Å². The third kappa shape index (κ3) is 4.41. The number of ether oxygens (including phenoxy) is 1. The molecule has 1 aromatic rings. The second-order valence-electron chi connectivity index (χ2n) is 4.87. The Morgan fingerprint density at radius 3 is 2.22 bits per heavy atom. The average molecular weight is 251 g/mol. The molecular formula is C15H25NO2. The Hall–Kier alpha value is -0.900. The molecule has 0 aromatic heterocycles. The van der Waals surface area contributed by atoms with Crippen LogP contribution >= 0.6 is 0 Å². The maximum Gasteiger partial charge on any atom is 0.0589 e. The summed E-state index contributed by atoms with van der Waals surface area (Å²) in [6.45, 7) is 9.74. The highest BCUT2D eigenvalue weighted by Crippen LogP contribution is 2.18. The Labute approximate surface area is 110 Å². The van der Waals surface area contributed by atoms with E-state index in [2.05, 4.69) is 37.8 Å². The van der Waals surface area contributed by atoms with Gasteiger partial charge in [0, 0.05) is 26.7 Å². The molecule has 0 aliphatic rings. The summed E-state index contributed by atoms with van der Waals surface area (Å²) >= 11 is 0. The number of nitrogens with zero attached hydrogens (tertiary/aromatic N) is 1. The van der Waals surface area contributed by atoms with Gasteiger partial charge in [-0.1, -0.05) is 17.7 Å². The van der Waals surface area contributed by atoms with Gasteiger partial charge >= 0.3 is 0 Å². The van der Waals surface area contributed by atoms with Crippen molar-refractivity contribution in [1.82, 2.24) is 4.90 Å². The number of benzene rings is 1. The lowest BCUT2D eigenvalue weighted by molar-refractivity contribution is 0.126. The van der Waals surface area contributed by atoms with E-state index in [1.165, 1.54) is 22.3 Å². The van der Waals surface area contributed by atoms with Crippen molar-refractivity contribution in [2.24, 2.45) is 0 Å². The van der Waals surface area contributed by atoms with E-state index in [0.29, 0.717) is 13.2 Å². The van der Waals surface area contributed by atoms with Crippen molar-refractivity contribution in [2.45, 2.75) is 27.3 Å². The van der Waals surface area contributed by atoms with E-state index >= 15 is 0 Å². The molecule has 0 spiro atoms. The van der Waals surface area contributed by atoms with Gasteiger partial charge in [0.2, 0.25) is 0 Å². The summed E-state index contributed by atoms with van der Waals surface area (Å²) in [6.07, 6.45) is 0. The van der Waals surface area contributed by atoms with Gasteiger partial charge in [-0.15, -0.1) is 0 Å². The van der Waals surface area contributed by atoms with Gasteiger partial charge in [-0.05, 0) is 37.5 Å². The Morgan fingerprint density at radius 2 is 1.72 bits per heavy atom. The molecule has 0 atom stereocenters. The first-order valence-corrected chi connectivity index (χ1v) is 6.47. The lowest BCUT2D eigenvalue weighted by Crippen LogP contribution is -2.30. The molecule has 3 nitrogen and oxygen atoms in total. The van der Waals surface area contributed by atoms with Gasteiger partial charge < -0.3 is 9.84 Å². The summed E-state index contributed by atoms with van der Waals surface area (Å²) in [5, 5.41) is 9.11. The quantitative estimate of drug-likeness (QED) is 0.805. The van der Waals surface area contributed by atoms with Crippen LogP contribution in [0, 0.1) is 20.8 Å². The molecule has 102 valence electrons. The molecule has 0 aliphatic carbocycles. The first-order chi connectivity index (χ1) is 8.58. The van der Waals surface area contributed by atoms with Gasteiger partial charge in [0.25, 0.3) is 0 Å². The monoisotopic (exact) mass is 251 g/mol. The van der Waals surface area contributed by atoms with Crippen LogP contribution in [0.5, 0.6) is 0 Å². The van der Waals surface area contributed by atoms with Gasteiger partial charge in [0.15, 0.2) is 0 Å². The second-order valence-corrected chi connectivity index (χ2v) is 4.87. The van der Waals surface area contributed by atoms with Gasteiger partial charge in [0.1, 0.15) is 0 Å². The summed E-state index contributed by atoms with van der Waals surface area (Å²) in [7, 11) is 1.71. The van der Waals surface area contributed by atoms with E-state index in [1.807, 2.05) is 0 Å². The van der Waals surface area contributed by atoms with Crippen molar-refractivity contribution in [3.63, 3.8) is 0 Å². The second kappa shape index (κ2) is 7.52. The van der Waals surface area contributed by atoms with Crippen LogP contribution in [0.1, 0.15) is 22.3 Å². The highest BCUT2D eigenvalue weighted by Gasteiger charge is 2.10. The molecule has 18 heavy (non-hydrogen) atoms. The fourth-order valence-electron chi connectivity index (χ4n) is 2.31. The number of aryl methyl sites for hydroxylation is 3. The molecule has 0 saturated carbocycles. The molecule has 1 N–H and O–H groups in total.